The van der Waals surface area contributed by atoms with Gasteiger partial charge in [0.2, 0.25) is 0 Å². The summed E-state index contributed by atoms with van der Waals surface area (Å²) < 4.78 is 0. The molecule has 0 spiro atoms. The standard InChI is InChI=1S/C40H56N2O4.2ClH.H2O/c1-5-9-22-41(23-10-6-2)26-14-18-30-31(19-15-27-42(24-11-7-3)25-12-8-4)38(40(45)46)34-17-13-16-32-35-28-29(39(43)44)20-21-33(35)36(30)37(32)34;;;/h13,16-17,20-21,28H,5-12,14-15,18-19,22-27H2,1-4H3,(H,43,44)(H,45,46);2*1H;1H2. The molecule has 1 aliphatic rings. The number of aromatic carboxylic acids is 2. The van der Waals surface area contributed by atoms with Gasteiger partial charge in [-0.05, 0) is 147 Å². The summed E-state index contributed by atoms with van der Waals surface area (Å²) in [6.07, 6.45) is 12.8. The van der Waals surface area contributed by atoms with Crippen LogP contribution in [0.5, 0.6) is 0 Å². The zero-order valence-corrected chi connectivity index (χ0v) is 31.7. The number of hydrogen-bond donors (Lipinski definition) is 2. The van der Waals surface area contributed by atoms with E-state index in [1.165, 1.54) is 51.4 Å². The van der Waals surface area contributed by atoms with Gasteiger partial charge in [-0.2, -0.15) is 0 Å². The molecule has 49 heavy (non-hydrogen) atoms. The minimum absolute atomic E-state index is 0. The van der Waals surface area contributed by atoms with Crippen molar-refractivity contribution in [1.82, 2.24) is 9.80 Å². The zero-order chi connectivity index (χ0) is 33.1. The molecule has 4 N–H and O–H groups in total. The van der Waals surface area contributed by atoms with Crippen LogP contribution in [0.15, 0.2) is 36.4 Å². The molecule has 3 aromatic carbocycles. The second-order valence-electron chi connectivity index (χ2n) is 13.1. The van der Waals surface area contributed by atoms with Crippen LogP contribution < -0.4 is 0 Å². The number of rotatable bonds is 22. The van der Waals surface area contributed by atoms with E-state index in [1.54, 1.807) is 12.1 Å². The lowest BCUT2D eigenvalue weighted by Gasteiger charge is -2.25. The number of nitrogens with zero attached hydrogens (tertiary/aromatic N) is 2. The molecule has 7 nitrogen and oxygen atoms in total. The summed E-state index contributed by atoms with van der Waals surface area (Å²) >= 11 is 0. The summed E-state index contributed by atoms with van der Waals surface area (Å²) in [4.78, 5) is 30.3. The first-order valence-corrected chi connectivity index (χ1v) is 18.0. The first-order chi connectivity index (χ1) is 22.4. The van der Waals surface area contributed by atoms with Gasteiger partial charge in [0.25, 0.3) is 0 Å². The highest BCUT2D eigenvalue weighted by atomic mass is 35.5. The van der Waals surface area contributed by atoms with Crippen LogP contribution in [0, 0.1) is 0 Å². The van der Waals surface area contributed by atoms with Crippen LogP contribution in [-0.4, -0.2) is 76.7 Å². The van der Waals surface area contributed by atoms with Gasteiger partial charge in [0.05, 0.1) is 11.1 Å². The van der Waals surface area contributed by atoms with E-state index >= 15 is 0 Å². The fraction of sp³-hybridized carbons (Fsp3) is 0.550. The van der Waals surface area contributed by atoms with Crippen LogP contribution in [0.3, 0.4) is 0 Å². The van der Waals surface area contributed by atoms with Gasteiger partial charge < -0.3 is 25.5 Å². The smallest absolute Gasteiger partial charge is 0.336 e. The number of carboxylic acids is 2. The second kappa shape index (κ2) is 22.2. The van der Waals surface area contributed by atoms with E-state index in [0.717, 1.165) is 109 Å². The number of halogens is 2. The average molecular weight is 720 g/mol. The van der Waals surface area contributed by atoms with E-state index in [0.29, 0.717) is 5.56 Å². The molecule has 4 rings (SSSR count). The minimum atomic E-state index is -0.951. The summed E-state index contributed by atoms with van der Waals surface area (Å²) in [5, 5.41) is 22.3. The lowest BCUT2D eigenvalue weighted by molar-refractivity contribution is 0.0686. The fourth-order valence-electron chi connectivity index (χ4n) is 7.24. The molecule has 0 saturated carbocycles. The van der Waals surface area contributed by atoms with Gasteiger partial charge in [0.1, 0.15) is 0 Å². The molecule has 9 heteroatoms. The molecule has 0 fully saturated rings. The van der Waals surface area contributed by atoms with Crippen molar-refractivity contribution in [3.8, 4) is 22.3 Å². The van der Waals surface area contributed by atoms with Crippen molar-refractivity contribution in [2.24, 2.45) is 0 Å². The molecule has 0 bridgehead atoms. The number of carbonyl (C=O) groups is 2. The largest absolute Gasteiger partial charge is 0.478 e. The van der Waals surface area contributed by atoms with E-state index in [1.807, 2.05) is 24.3 Å². The molecule has 1 aliphatic carbocycles. The van der Waals surface area contributed by atoms with Crippen LogP contribution >= 0.6 is 24.8 Å². The third-order valence-corrected chi connectivity index (χ3v) is 9.71. The third-order valence-electron chi connectivity index (χ3n) is 9.71. The normalized spacial score (nSPS) is 11.3. The van der Waals surface area contributed by atoms with Gasteiger partial charge in [0, 0.05) is 0 Å². The van der Waals surface area contributed by atoms with Gasteiger partial charge in [0.15, 0.2) is 0 Å². The highest BCUT2D eigenvalue weighted by Gasteiger charge is 2.31. The highest BCUT2D eigenvalue weighted by Crippen LogP contribution is 2.51. The van der Waals surface area contributed by atoms with Crippen molar-refractivity contribution in [1.29, 1.82) is 0 Å². The lowest BCUT2D eigenvalue weighted by atomic mass is 9.84. The molecule has 0 aromatic heterocycles. The zero-order valence-electron chi connectivity index (χ0n) is 30.1. The number of fused-ring (bicyclic) bond motifs is 3. The minimum Gasteiger partial charge on any atom is -0.478 e. The SMILES string of the molecule is CCCCN(CCCC)CCCc1c(CCCN(CCCC)CCCC)c2c3c(cccc3c1C(=O)O)-c1cc(C(=O)O)ccc1-2.Cl.Cl.O. The van der Waals surface area contributed by atoms with Gasteiger partial charge in [-0.3, -0.25) is 0 Å². The van der Waals surface area contributed by atoms with Crippen molar-refractivity contribution >= 4 is 47.5 Å². The van der Waals surface area contributed by atoms with Gasteiger partial charge in [-0.1, -0.05) is 77.6 Å². The monoisotopic (exact) mass is 718 g/mol. The summed E-state index contributed by atoms with van der Waals surface area (Å²) in [6.45, 7) is 15.3. The average Bonchev–Trinajstić information content (AvgIpc) is 3.38. The van der Waals surface area contributed by atoms with Gasteiger partial charge in [-0.25, -0.2) is 9.59 Å². The van der Waals surface area contributed by atoms with Crippen molar-refractivity contribution in [2.45, 2.75) is 105 Å². The first-order valence-electron chi connectivity index (χ1n) is 18.0. The predicted octanol–water partition coefficient (Wildman–Crippen LogP) is 9.57. The van der Waals surface area contributed by atoms with Crippen LogP contribution in [0.1, 0.15) is 124 Å². The van der Waals surface area contributed by atoms with E-state index in [9.17, 15) is 19.8 Å². The first kappa shape index (κ1) is 44.3. The quantitative estimate of drug-likeness (QED) is 0.0837. The molecule has 3 aromatic rings. The lowest BCUT2D eigenvalue weighted by Crippen LogP contribution is -2.28. The maximum Gasteiger partial charge on any atom is 0.336 e. The summed E-state index contributed by atoms with van der Waals surface area (Å²) in [6, 6.07) is 11.3. The predicted molar refractivity (Wildman–Crippen MR) is 210 cm³/mol. The Labute approximate surface area is 306 Å². The molecule has 274 valence electrons. The maximum atomic E-state index is 13.1. The Balaban J connectivity index is 0.00000400. The molecule has 0 atom stereocenters. The number of unbranched alkanes of at least 4 members (excludes halogenated alkanes) is 4. The molecule has 0 amide bonds. The Kier molecular flexibility index (Phi) is 20.1. The van der Waals surface area contributed by atoms with Crippen LogP contribution in [0.2, 0.25) is 0 Å². The van der Waals surface area contributed by atoms with E-state index in [2.05, 4.69) is 37.5 Å². The third kappa shape index (κ3) is 10.9. The molecular formula is C40H60Cl2N2O5. The molecule has 0 radical (unpaired) electrons. The Hall–Kier alpha value is -2.68. The molecular weight excluding hydrogens is 659 g/mol. The number of carboxylic acid groups (broad SMARTS) is 2. The van der Waals surface area contributed by atoms with E-state index < -0.39 is 11.9 Å². The summed E-state index contributed by atoms with van der Waals surface area (Å²) in [5.41, 5.74) is 6.81. The Bertz CT molecular complexity index is 1480. The van der Waals surface area contributed by atoms with Crippen LogP contribution in [0.4, 0.5) is 0 Å². The van der Waals surface area contributed by atoms with Crippen molar-refractivity contribution in [2.75, 3.05) is 39.3 Å². The van der Waals surface area contributed by atoms with Crippen molar-refractivity contribution in [3.05, 3.63) is 58.7 Å². The maximum absolute atomic E-state index is 13.1. The molecule has 0 saturated heterocycles. The van der Waals surface area contributed by atoms with Gasteiger partial charge >= 0.3 is 11.9 Å². The number of hydrogen-bond acceptors (Lipinski definition) is 4. The fourth-order valence-corrected chi connectivity index (χ4v) is 7.24. The van der Waals surface area contributed by atoms with Crippen LogP contribution in [-0.2, 0) is 12.8 Å². The number of benzene rings is 3. The Morgan fingerprint density at radius 3 is 1.55 bits per heavy atom. The van der Waals surface area contributed by atoms with E-state index in [-0.39, 0.29) is 35.9 Å². The second-order valence-corrected chi connectivity index (χ2v) is 13.1. The van der Waals surface area contributed by atoms with Crippen LogP contribution in [0.25, 0.3) is 33.0 Å². The van der Waals surface area contributed by atoms with Gasteiger partial charge in [-0.15, -0.1) is 24.8 Å². The molecule has 0 aliphatic heterocycles. The Morgan fingerprint density at radius 2 is 1.08 bits per heavy atom. The highest BCUT2D eigenvalue weighted by molar-refractivity contribution is 6.21. The molecule has 0 unspecified atom stereocenters. The Morgan fingerprint density at radius 1 is 0.592 bits per heavy atom. The summed E-state index contributed by atoms with van der Waals surface area (Å²) in [5.74, 6) is -1.82. The summed E-state index contributed by atoms with van der Waals surface area (Å²) in [7, 11) is 0. The van der Waals surface area contributed by atoms with Crippen molar-refractivity contribution in [3.63, 3.8) is 0 Å². The van der Waals surface area contributed by atoms with Crippen molar-refractivity contribution < 1.29 is 25.3 Å². The molecule has 0 heterocycles. The van der Waals surface area contributed by atoms with E-state index in [4.69, 9.17) is 0 Å². The topological polar surface area (TPSA) is 113 Å².